The van der Waals surface area contributed by atoms with Gasteiger partial charge in [-0.25, -0.2) is 4.98 Å². The number of nitrogens with zero attached hydrogens (tertiary/aromatic N) is 1. The van der Waals surface area contributed by atoms with Crippen LogP contribution in [0.15, 0.2) is 66.3 Å². The fraction of sp³-hybridized carbons (Fsp3) is 0.0909. The molecule has 162 valence electrons. The molecule has 0 aliphatic rings. The van der Waals surface area contributed by atoms with E-state index < -0.39 is 23.1 Å². The molecule has 2 heterocycles. The lowest BCUT2D eigenvalue weighted by atomic mass is 9.99. The number of imidazole rings is 1. The third-order valence-corrected chi connectivity index (χ3v) is 4.93. The summed E-state index contributed by atoms with van der Waals surface area (Å²) in [7, 11) is 0. The Morgan fingerprint density at radius 1 is 1.13 bits per heavy atom. The summed E-state index contributed by atoms with van der Waals surface area (Å²) in [5.41, 5.74) is 0.403. The summed E-state index contributed by atoms with van der Waals surface area (Å²) in [5.74, 6) is -0.314. The Labute approximate surface area is 190 Å². The molecule has 0 fully saturated rings. The number of halogens is 5. The maximum atomic E-state index is 13.2. The highest BCUT2D eigenvalue weighted by molar-refractivity contribution is 9.10. The first-order chi connectivity index (χ1) is 14.2. The van der Waals surface area contributed by atoms with Crippen molar-refractivity contribution in [3.05, 3.63) is 88.0 Å². The van der Waals surface area contributed by atoms with Crippen LogP contribution in [-0.2, 0) is 6.18 Å². The molecule has 4 nitrogen and oxygen atoms in total. The van der Waals surface area contributed by atoms with E-state index in [4.69, 9.17) is 11.6 Å². The summed E-state index contributed by atoms with van der Waals surface area (Å²) in [6, 6.07) is 9.65. The summed E-state index contributed by atoms with van der Waals surface area (Å²) in [6.45, 7) is 6.00. The lowest BCUT2D eigenvalue weighted by Gasteiger charge is -2.10. The van der Waals surface area contributed by atoms with Crippen LogP contribution in [-0.4, -0.2) is 20.7 Å². The number of aromatic nitrogens is 3. The fourth-order valence-corrected chi connectivity index (χ4v) is 3.77. The molecule has 0 amide bonds. The molecular formula is C22H18BrClF3N3O. The minimum atomic E-state index is -4.62. The van der Waals surface area contributed by atoms with Crippen molar-refractivity contribution in [2.45, 2.75) is 13.6 Å². The first-order valence-electron chi connectivity index (χ1n) is 8.48. The SMILES string of the molecule is C.C=C.O=C(c1c[nH]c(-c2nc3c(Cl)cc(Br)cc3[nH]2)c1)c1ccccc1C(F)(F)F. The zero-order valence-electron chi connectivity index (χ0n) is 15.3. The number of benzene rings is 2. The number of ketones is 1. The molecule has 0 radical (unpaired) electrons. The number of carbonyl (C=O) groups excluding carboxylic acids is 1. The lowest BCUT2D eigenvalue weighted by Crippen LogP contribution is -2.13. The topological polar surface area (TPSA) is 61.5 Å². The zero-order valence-corrected chi connectivity index (χ0v) is 17.6. The Bertz CT molecular complexity index is 1230. The lowest BCUT2D eigenvalue weighted by molar-refractivity contribution is -0.137. The monoisotopic (exact) mass is 511 g/mol. The maximum absolute atomic E-state index is 13.2. The third kappa shape index (κ3) is 4.91. The predicted octanol–water partition coefficient (Wildman–Crippen LogP) is 7.66. The summed E-state index contributed by atoms with van der Waals surface area (Å²) in [5, 5.41) is 0.439. The Kier molecular flexibility index (Phi) is 7.51. The molecule has 0 atom stereocenters. The van der Waals surface area contributed by atoms with Crippen LogP contribution in [0.2, 0.25) is 5.02 Å². The van der Waals surface area contributed by atoms with Crippen molar-refractivity contribution >= 4 is 44.3 Å². The molecule has 0 saturated heterocycles. The van der Waals surface area contributed by atoms with E-state index in [-0.39, 0.29) is 13.0 Å². The summed E-state index contributed by atoms with van der Waals surface area (Å²) < 4.78 is 40.3. The van der Waals surface area contributed by atoms with Crippen molar-refractivity contribution in [3.8, 4) is 11.5 Å². The highest BCUT2D eigenvalue weighted by Crippen LogP contribution is 2.33. The van der Waals surface area contributed by atoms with E-state index in [1.807, 2.05) is 0 Å². The quantitative estimate of drug-likeness (QED) is 0.219. The molecule has 0 aliphatic carbocycles. The van der Waals surface area contributed by atoms with Crippen molar-refractivity contribution in [1.29, 1.82) is 0 Å². The number of hydrogen-bond acceptors (Lipinski definition) is 2. The van der Waals surface area contributed by atoms with Gasteiger partial charge in [0.1, 0.15) is 5.52 Å². The van der Waals surface area contributed by atoms with Gasteiger partial charge in [-0.15, -0.1) is 13.2 Å². The molecule has 4 rings (SSSR count). The molecule has 2 aromatic carbocycles. The minimum absolute atomic E-state index is 0. The van der Waals surface area contributed by atoms with E-state index in [1.54, 1.807) is 12.1 Å². The van der Waals surface area contributed by atoms with Crippen LogP contribution < -0.4 is 0 Å². The van der Waals surface area contributed by atoms with Gasteiger partial charge in [-0.05, 0) is 24.3 Å². The van der Waals surface area contributed by atoms with Crippen molar-refractivity contribution in [2.24, 2.45) is 0 Å². The molecule has 2 aromatic heterocycles. The summed E-state index contributed by atoms with van der Waals surface area (Å²) >= 11 is 9.52. The number of alkyl halides is 3. The molecular weight excluding hydrogens is 495 g/mol. The molecule has 4 aromatic rings. The predicted molar refractivity (Wildman–Crippen MR) is 121 cm³/mol. The van der Waals surface area contributed by atoms with Gasteiger partial charge >= 0.3 is 6.18 Å². The molecule has 9 heteroatoms. The second-order valence-corrected chi connectivity index (χ2v) is 7.37. The fourth-order valence-electron chi connectivity index (χ4n) is 2.92. The van der Waals surface area contributed by atoms with Gasteiger partial charge in [0, 0.05) is 21.8 Å². The number of rotatable bonds is 3. The Morgan fingerprint density at radius 3 is 2.48 bits per heavy atom. The Hall–Kier alpha value is -2.84. The van der Waals surface area contributed by atoms with E-state index in [1.165, 1.54) is 24.4 Å². The standard InChI is InChI=1S/C19H10BrClF3N3O.C2H4.CH4/c20-10-6-13(21)16-14(7-10)26-18(27-16)15-5-9(8-25-15)17(28)11-3-1-2-4-12(11)19(22,23)24;1-2;/h1-8,25H,(H,26,27);1-2H2;1H4. The van der Waals surface area contributed by atoms with E-state index in [2.05, 4.69) is 44.0 Å². The van der Waals surface area contributed by atoms with Gasteiger partial charge in [0.15, 0.2) is 11.6 Å². The number of carbonyl (C=O) groups is 1. The van der Waals surface area contributed by atoms with Crippen molar-refractivity contribution in [1.82, 2.24) is 15.0 Å². The van der Waals surface area contributed by atoms with E-state index in [9.17, 15) is 18.0 Å². The van der Waals surface area contributed by atoms with Crippen LogP contribution in [0.25, 0.3) is 22.6 Å². The number of hydrogen-bond donors (Lipinski definition) is 2. The summed E-state index contributed by atoms with van der Waals surface area (Å²) in [6.07, 6.45) is -3.26. The van der Waals surface area contributed by atoms with Gasteiger partial charge in [0.25, 0.3) is 0 Å². The van der Waals surface area contributed by atoms with Gasteiger partial charge in [0.05, 0.1) is 21.8 Å². The first kappa shape index (κ1) is 24.4. The van der Waals surface area contributed by atoms with Gasteiger partial charge in [-0.2, -0.15) is 13.2 Å². The highest BCUT2D eigenvalue weighted by Gasteiger charge is 2.35. The second-order valence-electron chi connectivity index (χ2n) is 6.04. The smallest absolute Gasteiger partial charge is 0.358 e. The van der Waals surface area contributed by atoms with E-state index in [0.717, 1.165) is 16.6 Å². The largest absolute Gasteiger partial charge is 0.417 e. The average molecular weight is 513 g/mol. The van der Waals surface area contributed by atoms with Gasteiger partial charge in [-0.1, -0.05) is 53.2 Å². The van der Waals surface area contributed by atoms with Crippen LogP contribution >= 0.6 is 27.5 Å². The van der Waals surface area contributed by atoms with Gasteiger partial charge in [0.2, 0.25) is 0 Å². The number of fused-ring (bicyclic) bond motifs is 1. The average Bonchev–Trinajstić information content (AvgIpc) is 3.35. The van der Waals surface area contributed by atoms with Crippen LogP contribution in [0.1, 0.15) is 28.9 Å². The Morgan fingerprint density at radius 2 is 1.81 bits per heavy atom. The highest BCUT2D eigenvalue weighted by atomic mass is 79.9. The van der Waals surface area contributed by atoms with Crippen LogP contribution in [0.4, 0.5) is 13.2 Å². The number of H-pyrrole nitrogens is 2. The number of aromatic amines is 2. The molecule has 0 bridgehead atoms. The van der Waals surface area contributed by atoms with Crippen molar-refractivity contribution < 1.29 is 18.0 Å². The molecule has 2 N–H and O–H groups in total. The third-order valence-electron chi connectivity index (χ3n) is 4.18. The van der Waals surface area contributed by atoms with Crippen LogP contribution in [0, 0.1) is 0 Å². The minimum Gasteiger partial charge on any atom is -0.358 e. The van der Waals surface area contributed by atoms with E-state index >= 15 is 0 Å². The van der Waals surface area contributed by atoms with Crippen molar-refractivity contribution in [3.63, 3.8) is 0 Å². The van der Waals surface area contributed by atoms with Crippen molar-refractivity contribution in [2.75, 3.05) is 0 Å². The van der Waals surface area contributed by atoms with E-state index in [0.29, 0.717) is 27.6 Å². The first-order valence-corrected chi connectivity index (χ1v) is 9.65. The molecule has 31 heavy (non-hydrogen) atoms. The normalized spacial score (nSPS) is 10.9. The number of nitrogens with one attached hydrogen (secondary N) is 2. The second kappa shape index (κ2) is 9.53. The maximum Gasteiger partial charge on any atom is 0.417 e. The van der Waals surface area contributed by atoms with Gasteiger partial charge in [-0.3, -0.25) is 4.79 Å². The van der Waals surface area contributed by atoms with Crippen LogP contribution in [0.5, 0.6) is 0 Å². The molecule has 0 aliphatic heterocycles. The summed E-state index contributed by atoms with van der Waals surface area (Å²) in [4.78, 5) is 23.0. The molecule has 0 saturated carbocycles. The molecule has 0 unspecified atom stereocenters. The van der Waals surface area contributed by atoms with Crippen LogP contribution in [0.3, 0.4) is 0 Å². The Balaban J connectivity index is 0.00000111. The molecule has 0 spiro atoms. The van der Waals surface area contributed by atoms with Gasteiger partial charge < -0.3 is 9.97 Å². The zero-order chi connectivity index (χ0) is 22.1.